The summed E-state index contributed by atoms with van der Waals surface area (Å²) in [7, 11) is 0. The van der Waals surface area contributed by atoms with Gasteiger partial charge in [-0.25, -0.2) is 0 Å². The fraction of sp³-hybridized carbons (Fsp3) is 0.294. The monoisotopic (exact) mass is 222 g/mol. The van der Waals surface area contributed by atoms with E-state index in [0.29, 0.717) is 0 Å². The molecule has 0 aromatic heterocycles. The van der Waals surface area contributed by atoms with E-state index in [1.165, 1.54) is 22.3 Å². The van der Waals surface area contributed by atoms with E-state index >= 15 is 0 Å². The summed E-state index contributed by atoms with van der Waals surface area (Å²) in [5.74, 6) is 0. The van der Waals surface area contributed by atoms with Crippen LogP contribution in [0.15, 0.2) is 36.4 Å². The fourth-order valence-electron chi connectivity index (χ4n) is 3.10. The average Bonchev–Trinajstić information content (AvgIpc) is 2.75. The summed E-state index contributed by atoms with van der Waals surface area (Å²) in [4.78, 5) is 0. The lowest BCUT2D eigenvalue weighted by Gasteiger charge is -2.11. The first-order valence-corrected chi connectivity index (χ1v) is 6.57. The van der Waals surface area contributed by atoms with E-state index in [-0.39, 0.29) is 0 Å². The van der Waals surface area contributed by atoms with E-state index in [0.717, 1.165) is 19.3 Å². The van der Waals surface area contributed by atoms with Crippen molar-refractivity contribution in [1.82, 2.24) is 0 Å². The summed E-state index contributed by atoms with van der Waals surface area (Å²) < 4.78 is 0. The smallest absolute Gasteiger partial charge is 0.00106 e. The van der Waals surface area contributed by atoms with Crippen LogP contribution in [-0.4, -0.2) is 0 Å². The second-order valence-corrected chi connectivity index (χ2v) is 4.77. The molecule has 3 rings (SSSR count). The Hall–Kier alpha value is -1.56. The maximum absolute atomic E-state index is 2.32. The van der Waals surface area contributed by atoms with E-state index in [4.69, 9.17) is 0 Å². The summed E-state index contributed by atoms with van der Waals surface area (Å²) >= 11 is 0. The van der Waals surface area contributed by atoms with Gasteiger partial charge in [0.1, 0.15) is 0 Å². The average molecular weight is 222 g/mol. The Morgan fingerprint density at radius 3 is 2.47 bits per heavy atom. The minimum absolute atomic E-state index is 1.13. The van der Waals surface area contributed by atoms with Crippen molar-refractivity contribution >= 4 is 0 Å². The maximum Gasteiger partial charge on any atom is -0.00106 e. The Kier molecular flexibility index (Phi) is 2.51. The molecule has 0 bridgehead atoms. The van der Waals surface area contributed by atoms with E-state index in [2.05, 4.69) is 50.2 Å². The topological polar surface area (TPSA) is 0 Å². The molecule has 0 heterocycles. The molecule has 17 heavy (non-hydrogen) atoms. The van der Waals surface area contributed by atoms with Gasteiger partial charge in [-0.1, -0.05) is 50.2 Å². The first kappa shape index (κ1) is 10.6. The van der Waals surface area contributed by atoms with Crippen molar-refractivity contribution in [3.05, 3.63) is 58.7 Å². The third-order valence-corrected chi connectivity index (χ3v) is 3.94. The van der Waals surface area contributed by atoms with Crippen LogP contribution < -0.4 is 0 Å². The molecule has 0 atom stereocenters. The van der Waals surface area contributed by atoms with Gasteiger partial charge in [-0.3, -0.25) is 0 Å². The molecule has 1 aliphatic rings. The van der Waals surface area contributed by atoms with Crippen LogP contribution in [0.4, 0.5) is 0 Å². The molecule has 2 aromatic carbocycles. The lowest BCUT2D eigenvalue weighted by Crippen LogP contribution is -1.97. The highest BCUT2D eigenvalue weighted by atomic mass is 14.2. The molecule has 2 aromatic rings. The lowest BCUT2D eigenvalue weighted by atomic mass is 9.93. The zero-order valence-corrected chi connectivity index (χ0v) is 10.6. The van der Waals surface area contributed by atoms with Crippen LogP contribution in [0, 0.1) is 0 Å². The third-order valence-electron chi connectivity index (χ3n) is 3.94. The predicted octanol–water partition coefficient (Wildman–Crippen LogP) is 4.38. The Bertz CT molecular complexity index is 564. The number of benzene rings is 2. The van der Waals surface area contributed by atoms with Crippen molar-refractivity contribution in [3.8, 4) is 11.1 Å². The second-order valence-electron chi connectivity index (χ2n) is 4.77. The molecule has 0 heteroatoms. The SMILES string of the molecule is CCc1ccc2c(c1CC)Cc1ccccc1-2. The standard InChI is InChI=1S/C17H18/c1-3-12-9-10-16-15-8-6-5-7-13(15)11-17(16)14(12)4-2/h5-10H,3-4,11H2,1-2H3. The molecule has 0 saturated carbocycles. The third kappa shape index (κ3) is 1.51. The van der Waals surface area contributed by atoms with Gasteiger partial charge in [0.05, 0.1) is 0 Å². The zero-order chi connectivity index (χ0) is 11.8. The summed E-state index contributed by atoms with van der Waals surface area (Å²) in [6, 6.07) is 13.5. The Morgan fingerprint density at radius 2 is 1.71 bits per heavy atom. The molecule has 0 N–H and O–H groups in total. The number of rotatable bonds is 2. The molecule has 0 fully saturated rings. The molecule has 86 valence electrons. The zero-order valence-electron chi connectivity index (χ0n) is 10.6. The number of hydrogen-bond donors (Lipinski definition) is 0. The van der Waals surface area contributed by atoms with E-state index in [1.54, 1.807) is 11.1 Å². The van der Waals surface area contributed by atoms with Crippen molar-refractivity contribution in [2.45, 2.75) is 33.1 Å². The van der Waals surface area contributed by atoms with Crippen LogP contribution in [0.2, 0.25) is 0 Å². The molecule has 0 unspecified atom stereocenters. The molecule has 0 nitrogen and oxygen atoms in total. The van der Waals surface area contributed by atoms with Crippen LogP contribution >= 0.6 is 0 Å². The molecule has 0 radical (unpaired) electrons. The summed E-state index contributed by atoms with van der Waals surface area (Å²) in [6.07, 6.45) is 3.43. The number of aryl methyl sites for hydroxylation is 1. The molecular formula is C17H18. The van der Waals surface area contributed by atoms with E-state index in [9.17, 15) is 0 Å². The van der Waals surface area contributed by atoms with Crippen LogP contribution in [0.25, 0.3) is 11.1 Å². The quantitative estimate of drug-likeness (QED) is 0.603. The minimum atomic E-state index is 1.13. The largest absolute Gasteiger partial charge is 0.0619 e. The molecule has 0 saturated heterocycles. The van der Waals surface area contributed by atoms with Crippen LogP contribution in [-0.2, 0) is 19.3 Å². The Labute approximate surface area is 103 Å². The molecule has 0 amide bonds. The predicted molar refractivity (Wildman–Crippen MR) is 73.4 cm³/mol. The van der Waals surface area contributed by atoms with Crippen molar-refractivity contribution in [1.29, 1.82) is 0 Å². The number of hydrogen-bond acceptors (Lipinski definition) is 0. The number of fused-ring (bicyclic) bond motifs is 3. The highest BCUT2D eigenvalue weighted by molar-refractivity contribution is 5.78. The van der Waals surface area contributed by atoms with E-state index in [1.807, 2.05) is 0 Å². The van der Waals surface area contributed by atoms with Crippen molar-refractivity contribution in [2.24, 2.45) is 0 Å². The highest BCUT2D eigenvalue weighted by Crippen LogP contribution is 2.39. The van der Waals surface area contributed by atoms with Crippen molar-refractivity contribution in [2.75, 3.05) is 0 Å². The lowest BCUT2D eigenvalue weighted by molar-refractivity contribution is 1.01. The van der Waals surface area contributed by atoms with Gasteiger partial charge in [-0.15, -0.1) is 0 Å². The summed E-state index contributed by atoms with van der Waals surface area (Å²) in [5.41, 5.74) is 9.09. The van der Waals surface area contributed by atoms with Gasteiger partial charge in [-0.2, -0.15) is 0 Å². The normalized spacial score (nSPS) is 12.4. The second kappa shape index (κ2) is 4.03. The van der Waals surface area contributed by atoms with Gasteiger partial charge in [0.15, 0.2) is 0 Å². The molecular weight excluding hydrogens is 204 g/mol. The fourth-order valence-corrected chi connectivity index (χ4v) is 3.10. The van der Waals surface area contributed by atoms with Gasteiger partial charge in [-0.05, 0) is 52.6 Å². The van der Waals surface area contributed by atoms with Crippen molar-refractivity contribution < 1.29 is 0 Å². The van der Waals surface area contributed by atoms with Gasteiger partial charge < -0.3 is 0 Å². The minimum Gasteiger partial charge on any atom is -0.0619 e. The first-order chi connectivity index (χ1) is 8.35. The highest BCUT2D eigenvalue weighted by Gasteiger charge is 2.21. The van der Waals surface area contributed by atoms with Crippen LogP contribution in [0.3, 0.4) is 0 Å². The molecule has 0 spiro atoms. The Morgan fingerprint density at radius 1 is 0.882 bits per heavy atom. The Balaban J connectivity index is 2.24. The maximum atomic E-state index is 2.32. The van der Waals surface area contributed by atoms with Gasteiger partial charge in [0.25, 0.3) is 0 Å². The summed E-state index contributed by atoms with van der Waals surface area (Å²) in [5, 5.41) is 0. The van der Waals surface area contributed by atoms with Crippen LogP contribution in [0.1, 0.15) is 36.1 Å². The van der Waals surface area contributed by atoms with E-state index < -0.39 is 0 Å². The first-order valence-electron chi connectivity index (χ1n) is 6.57. The molecule has 0 aliphatic heterocycles. The van der Waals surface area contributed by atoms with Gasteiger partial charge in [0, 0.05) is 0 Å². The van der Waals surface area contributed by atoms with Crippen LogP contribution in [0.5, 0.6) is 0 Å². The van der Waals surface area contributed by atoms with Gasteiger partial charge in [0.2, 0.25) is 0 Å². The molecule has 1 aliphatic carbocycles. The summed E-state index contributed by atoms with van der Waals surface area (Å²) in [6.45, 7) is 4.53. The van der Waals surface area contributed by atoms with Gasteiger partial charge >= 0.3 is 0 Å². The van der Waals surface area contributed by atoms with Crippen molar-refractivity contribution in [3.63, 3.8) is 0 Å².